The van der Waals surface area contributed by atoms with Crippen LogP contribution >= 0.6 is 0 Å². The molecule has 0 aliphatic heterocycles. The number of pyridine rings is 2. The SMILES string of the molecule is Cc1cc(-c2[nH]c3ccc(-c4ccc(N)nc4)cc3c2C(C)C)cc(C)n1. The van der Waals surface area contributed by atoms with E-state index in [-0.39, 0.29) is 0 Å². The summed E-state index contributed by atoms with van der Waals surface area (Å²) in [5.74, 6) is 0.928. The zero-order valence-electron chi connectivity index (χ0n) is 16.2. The van der Waals surface area contributed by atoms with Crippen molar-refractivity contribution >= 4 is 16.7 Å². The van der Waals surface area contributed by atoms with Crippen molar-refractivity contribution < 1.29 is 0 Å². The van der Waals surface area contributed by atoms with Gasteiger partial charge in [0, 0.05) is 39.6 Å². The van der Waals surface area contributed by atoms with Gasteiger partial charge >= 0.3 is 0 Å². The molecule has 3 aromatic heterocycles. The molecule has 136 valence electrons. The second-order valence-corrected chi connectivity index (χ2v) is 7.44. The van der Waals surface area contributed by atoms with Crippen LogP contribution in [-0.4, -0.2) is 15.0 Å². The summed E-state index contributed by atoms with van der Waals surface area (Å²) >= 11 is 0. The molecule has 0 bridgehead atoms. The molecular weight excluding hydrogens is 332 g/mol. The van der Waals surface area contributed by atoms with E-state index in [0.717, 1.165) is 28.0 Å². The summed E-state index contributed by atoms with van der Waals surface area (Å²) in [4.78, 5) is 12.4. The van der Waals surface area contributed by atoms with Crippen molar-refractivity contribution in [2.24, 2.45) is 0 Å². The number of fused-ring (bicyclic) bond motifs is 1. The number of nitrogen functional groups attached to an aromatic ring is 1. The highest BCUT2D eigenvalue weighted by Gasteiger charge is 2.17. The molecule has 0 aliphatic carbocycles. The van der Waals surface area contributed by atoms with Gasteiger partial charge in [0.25, 0.3) is 0 Å². The van der Waals surface area contributed by atoms with Gasteiger partial charge in [-0.3, -0.25) is 4.98 Å². The van der Waals surface area contributed by atoms with Gasteiger partial charge in [0.15, 0.2) is 0 Å². The quantitative estimate of drug-likeness (QED) is 0.501. The highest BCUT2D eigenvalue weighted by molar-refractivity contribution is 5.94. The van der Waals surface area contributed by atoms with Crippen LogP contribution in [0.1, 0.15) is 36.7 Å². The lowest BCUT2D eigenvalue weighted by Gasteiger charge is -2.10. The van der Waals surface area contributed by atoms with Crippen LogP contribution in [0.2, 0.25) is 0 Å². The van der Waals surface area contributed by atoms with Crippen LogP contribution in [0.25, 0.3) is 33.3 Å². The number of nitrogens with two attached hydrogens (primary N) is 1. The lowest BCUT2D eigenvalue weighted by Crippen LogP contribution is -1.93. The number of aromatic nitrogens is 3. The first-order valence-corrected chi connectivity index (χ1v) is 9.25. The van der Waals surface area contributed by atoms with E-state index < -0.39 is 0 Å². The monoisotopic (exact) mass is 356 g/mol. The van der Waals surface area contributed by atoms with Gasteiger partial charge in [-0.15, -0.1) is 0 Å². The molecule has 0 saturated heterocycles. The number of rotatable bonds is 3. The maximum absolute atomic E-state index is 5.73. The Labute approximate surface area is 159 Å². The molecule has 0 atom stereocenters. The Kier molecular flexibility index (Phi) is 4.19. The van der Waals surface area contributed by atoms with Crippen LogP contribution in [-0.2, 0) is 0 Å². The molecule has 0 spiro atoms. The van der Waals surface area contributed by atoms with Crippen molar-refractivity contribution in [1.29, 1.82) is 0 Å². The molecule has 4 heteroatoms. The van der Waals surface area contributed by atoms with Gasteiger partial charge in [0.05, 0.1) is 5.69 Å². The maximum atomic E-state index is 5.73. The number of hydrogen-bond donors (Lipinski definition) is 2. The van der Waals surface area contributed by atoms with Crippen molar-refractivity contribution in [2.75, 3.05) is 5.73 Å². The summed E-state index contributed by atoms with van der Waals surface area (Å²) in [5, 5.41) is 1.25. The predicted molar refractivity (Wildman–Crippen MR) is 113 cm³/mol. The van der Waals surface area contributed by atoms with Gasteiger partial charge in [-0.05, 0) is 67.3 Å². The molecule has 0 radical (unpaired) electrons. The largest absolute Gasteiger partial charge is 0.384 e. The van der Waals surface area contributed by atoms with E-state index >= 15 is 0 Å². The van der Waals surface area contributed by atoms with Crippen LogP contribution in [0, 0.1) is 13.8 Å². The molecule has 0 amide bonds. The van der Waals surface area contributed by atoms with Gasteiger partial charge in [-0.1, -0.05) is 19.9 Å². The fraction of sp³-hybridized carbons (Fsp3) is 0.217. The van der Waals surface area contributed by atoms with Gasteiger partial charge in [-0.2, -0.15) is 0 Å². The third-order valence-corrected chi connectivity index (χ3v) is 4.91. The minimum Gasteiger partial charge on any atom is -0.384 e. The van der Waals surface area contributed by atoms with Crippen molar-refractivity contribution in [3.63, 3.8) is 0 Å². The number of aryl methyl sites for hydroxylation is 2. The Morgan fingerprint density at radius 2 is 1.59 bits per heavy atom. The molecule has 3 N–H and O–H groups in total. The van der Waals surface area contributed by atoms with Crippen molar-refractivity contribution in [3.05, 3.63) is 65.6 Å². The van der Waals surface area contributed by atoms with Gasteiger partial charge in [0.2, 0.25) is 0 Å². The fourth-order valence-electron chi connectivity index (χ4n) is 3.77. The number of nitrogens with zero attached hydrogens (tertiary/aromatic N) is 2. The summed E-state index contributed by atoms with van der Waals surface area (Å²) in [6.45, 7) is 8.57. The third-order valence-electron chi connectivity index (χ3n) is 4.91. The second-order valence-electron chi connectivity index (χ2n) is 7.44. The van der Waals surface area contributed by atoms with Gasteiger partial charge < -0.3 is 10.7 Å². The molecule has 0 saturated carbocycles. The van der Waals surface area contributed by atoms with Crippen molar-refractivity contribution in [1.82, 2.24) is 15.0 Å². The Hall–Kier alpha value is -3.14. The first-order chi connectivity index (χ1) is 12.9. The zero-order valence-corrected chi connectivity index (χ0v) is 16.2. The van der Waals surface area contributed by atoms with E-state index in [1.54, 1.807) is 0 Å². The molecule has 4 rings (SSSR count). The molecule has 0 aliphatic rings. The Balaban J connectivity index is 1.93. The van der Waals surface area contributed by atoms with E-state index in [9.17, 15) is 0 Å². The number of nitrogens with one attached hydrogen (secondary N) is 1. The molecule has 0 fully saturated rings. The van der Waals surface area contributed by atoms with Crippen LogP contribution in [0.15, 0.2) is 48.7 Å². The van der Waals surface area contributed by atoms with Crippen LogP contribution in [0.5, 0.6) is 0 Å². The van der Waals surface area contributed by atoms with E-state index in [4.69, 9.17) is 5.73 Å². The van der Waals surface area contributed by atoms with E-state index in [0.29, 0.717) is 11.7 Å². The summed E-state index contributed by atoms with van der Waals surface area (Å²) in [7, 11) is 0. The first kappa shape index (κ1) is 17.3. The van der Waals surface area contributed by atoms with Crippen LogP contribution in [0.3, 0.4) is 0 Å². The molecule has 0 unspecified atom stereocenters. The summed E-state index contributed by atoms with van der Waals surface area (Å²) < 4.78 is 0. The van der Waals surface area contributed by atoms with E-state index in [1.165, 1.54) is 22.2 Å². The predicted octanol–water partition coefficient (Wildman–Crippen LogP) is 5.61. The van der Waals surface area contributed by atoms with E-state index in [2.05, 4.69) is 59.1 Å². The van der Waals surface area contributed by atoms with Gasteiger partial charge in [0.1, 0.15) is 5.82 Å². The minimum absolute atomic E-state index is 0.391. The first-order valence-electron chi connectivity index (χ1n) is 9.25. The average molecular weight is 356 g/mol. The summed E-state index contributed by atoms with van der Waals surface area (Å²) in [5.41, 5.74) is 14.9. The average Bonchev–Trinajstić information content (AvgIpc) is 3.00. The smallest absolute Gasteiger partial charge is 0.123 e. The van der Waals surface area contributed by atoms with Crippen molar-refractivity contribution in [3.8, 4) is 22.4 Å². The lowest BCUT2D eigenvalue weighted by molar-refractivity contribution is 0.878. The molecular formula is C23H24N4. The molecule has 3 heterocycles. The number of H-pyrrole nitrogens is 1. The molecule has 4 nitrogen and oxygen atoms in total. The molecule has 1 aromatic carbocycles. The Morgan fingerprint density at radius 1 is 0.889 bits per heavy atom. The number of benzene rings is 1. The van der Waals surface area contributed by atoms with Crippen LogP contribution in [0.4, 0.5) is 5.82 Å². The second kappa shape index (κ2) is 6.54. The summed E-state index contributed by atoms with van der Waals surface area (Å²) in [6, 6.07) is 14.7. The maximum Gasteiger partial charge on any atom is 0.123 e. The zero-order chi connectivity index (χ0) is 19.1. The molecule has 4 aromatic rings. The summed E-state index contributed by atoms with van der Waals surface area (Å²) in [6.07, 6.45) is 1.83. The highest BCUT2D eigenvalue weighted by Crippen LogP contribution is 2.37. The highest BCUT2D eigenvalue weighted by atomic mass is 14.8. The van der Waals surface area contributed by atoms with E-state index in [1.807, 2.05) is 32.2 Å². The number of anilines is 1. The Morgan fingerprint density at radius 3 is 2.22 bits per heavy atom. The van der Waals surface area contributed by atoms with Gasteiger partial charge in [-0.25, -0.2) is 4.98 Å². The third kappa shape index (κ3) is 3.19. The number of hydrogen-bond acceptors (Lipinski definition) is 3. The van der Waals surface area contributed by atoms with Crippen molar-refractivity contribution in [2.45, 2.75) is 33.6 Å². The normalized spacial score (nSPS) is 11.4. The topological polar surface area (TPSA) is 67.6 Å². The standard InChI is InChI=1S/C23H24N4/c1-13(2)22-19-11-16(17-6-8-21(24)25-12-17)5-7-20(19)27-23(22)18-9-14(3)26-15(4)10-18/h5-13,27H,1-4H3,(H2,24,25). The minimum atomic E-state index is 0.391. The lowest BCUT2D eigenvalue weighted by atomic mass is 9.94. The fourth-order valence-corrected chi connectivity index (χ4v) is 3.77. The van der Waals surface area contributed by atoms with Crippen LogP contribution < -0.4 is 5.73 Å². The Bertz CT molecular complexity index is 1100. The number of aromatic amines is 1. The molecule has 27 heavy (non-hydrogen) atoms.